The number of benzene rings is 1. The first-order chi connectivity index (χ1) is 9.15. The minimum atomic E-state index is -0.266. The first-order valence-corrected chi connectivity index (χ1v) is 6.40. The Kier molecular flexibility index (Phi) is 4.65. The minimum absolute atomic E-state index is 0.00121. The third-order valence-electron chi connectivity index (χ3n) is 3.05. The zero-order valence-electron chi connectivity index (χ0n) is 11.0. The molecule has 0 unspecified atom stereocenters. The summed E-state index contributed by atoms with van der Waals surface area (Å²) in [6.07, 6.45) is 0. The number of carbonyl (C=O) groups excluding carboxylic acids is 2. The second-order valence-electron chi connectivity index (χ2n) is 4.58. The van der Waals surface area contributed by atoms with Crippen molar-refractivity contribution in [2.75, 3.05) is 32.7 Å². The standard InChI is InChI=1S/C14H18N2O3/c1-11(17)12-2-4-13(5-3-12)19-14(18)10-16-8-6-15-7-9-16/h2-5,15H,6-10H2,1H3. The molecule has 1 aliphatic heterocycles. The lowest BCUT2D eigenvalue weighted by atomic mass is 10.1. The SMILES string of the molecule is CC(=O)c1ccc(OC(=O)CN2CCNCC2)cc1. The number of rotatable bonds is 4. The van der Waals surface area contributed by atoms with Gasteiger partial charge in [-0.1, -0.05) is 0 Å². The normalized spacial score (nSPS) is 16.1. The van der Waals surface area contributed by atoms with Gasteiger partial charge in [0.2, 0.25) is 0 Å². The number of Topliss-reactive ketones (excluding diaryl/α,β-unsaturated/α-hetero) is 1. The number of hydrogen-bond acceptors (Lipinski definition) is 5. The molecule has 1 aromatic carbocycles. The molecule has 0 radical (unpaired) electrons. The molecule has 1 fully saturated rings. The zero-order chi connectivity index (χ0) is 13.7. The number of piperazine rings is 1. The van der Waals surface area contributed by atoms with Crippen LogP contribution in [0.25, 0.3) is 0 Å². The molecule has 1 N–H and O–H groups in total. The zero-order valence-corrected chi connectivity index (χ0v) is 11.0. The quantitative estimate of drug-likeness (QED) is 0.492. The first-order valence-electron chi connectivity index (χ1n) is 6.40. The lowest BCUT2D eigenvalue weighted by Crippen LogP contribution is -2.46. The van der Waals surface area contributed by atoms with Crippen LogP contribution in [0.5, 0.6) is 5.75 Å². The van der Waals surface area contributed by atoms with Gasteiger partial charge in [0.1, 0.15) is 5.75 Å². The molecule has 19 heavy (non-hydrogen) atoms. The van der Waals surface area contributed by atoms with E-state index < -0.39 is 0 Å². The van der Waals surface area contributed by atoms with Crippen LogP contribution in [0.4, 0.5) is 0 Å². The van der Waals surface area contributed by atoms with E-state index in [1.54, 1.807) is 24.3 Å². The van der Waals surface area contributed by atoms with Crippen molar-refractivity contribution < 1.29 is 14.3 Å². The van der Waals surface area contributed by atoms with Crippen LogP contribution in [0, 0.1) is 0 Å². The van der Waals surface area contributed by atoms with Gasteiger partial charge in [0.25, 0.3) is 0 Å². The van der Waals surface area contributed by atoms with Gasteiger partial charge in [0, 0.05) is 31.7 Å². The largest absolute Gasteiger partial charge is 0.426 e. The van der Waals surface area contributed by atoms with Gasteiger partial charge in [-0.05, 0) is 31.2 Å². The van der Waals surface area contributed by atoms with Crippen LogP contribution in [0.3, 0.4) is 0 Å². The highest BCUT2D eigenvalue weighted by molar-refractivity contribution is 5.94. The Morgan fingerprint density at radius 3 is 2.42 bits per heavy atom. The van der Waals surface area contributed by atoms with Gasteiger partial charge < -0.3 is 10.1 Å². The van der Waals surface area contributed by atoms with Crippen LogP contribution in [0.1, 0.15) is 17.3 Å². The average Bonchev–Trinajstić information content (AvgIpc) is 2.40. The number of carbonyl (C=O) groups is 2. The Bertz CT molecular complexity index is 450. The summed E-state index contributed by atoms with van der Waals surface area (Å²) >= 11 is 0. The molecule has 102 valence electrons. The van der Waals surface area contributed by atoms with Crippen molar-refractivity contribution in [2.24, 2.45) is 0 Å². The molecule has 5 nitrogen and oxygen atoms in total. The van der Waals surface area contributed by atoms with E-state index in [1.807, 2.05) is 0 Å². The Labute approximate surface area is 112 Å². The van der Waals surface area contributed by atoms with E-state index in [0.29, 0.717) is 17.9 Å². The van der Waals surface area contributed by atoms with Crippen LogP contribution in [-0.4, -0.2) is 49.4 Å². The lowest BCUT2D eigenvalue weighted by molar-refractivity contribution is -0.135. The predicted molar refractivity (Wildman–Crippen MR) is 71.4 cm³/mol. The van der Waals surface area contributed by atoms with Gasteiger partial charge in [0.15, 0.2) is 5.78 Å². The van der Waals surface area contributed by atoms with E-state index in [9.17, 15) is 9.59 Å². The van der Waals surface area contributed by atoms with Crippen LogP contribution < -0.4 is 10.1 Å². The molecule has 1 aromatic rings. The molecular formula is C14H18N2O3. The summed E-state index contributed by atoms with van der Waals surface area (Å²) in [5, 5.41) is 3.23. The number of nitrogens with zero attached hydrogens (tertiary/aromatic N) is 1. The molecule has 0 bridgehead atoms. The van der Waals surface area contributed by atoms with E-state index in [0.717, 1.165) is 26.2 Å². The molecule has 1 saturated heterocycles. The molecule has 0 aromatic heterocycles. The minimum Gasteiger partial charge on any atom is -0.426 e. The number of ether oxygens (including phenoxy) is 1. The average molecular weight is 262 g/mol. The molecule has 0 amide bonds. The summed E-state index contributed by atoms with van der Waals surface area (Å²) in [7, 11) is 0. The summed E-state index contributed by atoms with van der Waals surface area (Å²) in [5.41, 5.74) is 0.613. The summed E-state index contributed by atoms with van der Waals surface area (Å²) in [4.78, 5) is 24.9. The topological polar surface area (TPSA) is 58.6 Å². The third-order valence-corrected chi connectivity index (χ3v) is 3.05. The van der Waals surface area contributed by atoms with Crippen LogP contribution in [0.2, 0.25) is 0 Å². The fourth-order valence-electron chi connectivity index (χ4n) is 1.97. The summed E-state index contributed by atoms with van der Waals surface area (Å²) in [5.74, 6) is 0.210. The van der Waals surface area contributed by atoms with Crippen LogP contribution in [-0.2, 0) is 4.79 Å². The van der Waals surface area contributed by atoms with E-state index in [1.165, 1.54) is 6.92 Å². The molecule has 0 atom stereocenters. The molecule has 2 rings (SSSR count). The van der Waals surface area contributed by atoms with Gasteiger partial charge in [-0.15, -0.1) is 0 Å². The Morgan fingerprint density at radius 2 is 1.84 bits per heavy atom. The van der Waals surface area contributed by atoms with Gasteiger partial charge in [-0.25, -0.2) is 0 Å². The highest BCUT2D eigenvalue weighted by Crippen LogP contribution is 2.13. The number of esters is 1. The van der Waals surface area contributed by atoms with Crippen molar-refractivity contribution >= 4 is 11.8 Å². The Hall–Kier alpha value is -1.72. The first kappa shape index (κ1) is 13.7. The highest BCUT2D eigenvalue weighted by Gasteiger charge is 2.14. The molecule has 1 aliphatic rings. The van der Waals surface area contributed by atoms with Crippen molar-refractivity contribution in [1.82, 2.24) is 10.2 Å². The summed E-state index contributed by atoms with van der Waals surface area (Å²) < 4.78 is 5.24. The van der Waals surface area contributed by atoms with Crippen molar-refractivity contribution in [1.29, 1.82) is 0 Å². The maximum Gasteiger partial charge on any atom is 0.325 e. The van der Waals surface area contributed by atoms with Gasteiger partial charge in [-0.2, -0.15) is 0 Å². The Balaban J connectivity index is 1.85. The second kappa shape index (κ2) is 6.45. The maximum absolute atomic E-state index is 11.7. The molecule has 1 heterocycles. The summed E-state index contributed by atoms with van der Waals surface area (Å²) in [6.45, 7) is 5.33. The number of ketones is 1. The fraction of sp³-hybridized carbons (Fsp3) is 0.429. The molecule has 0 spiro atoms. The van der Waals surface area contributed by atoms with E-state index in [4.69, 9.17) is 4.74 Å². The van der Waals surface area contributed by atoms with E-state index in [2.05, 4.69) is 10.2 Å². The molecular weight excluding hydrogens is 244 g/mol. The number of hydrogen-bond donors (Lipinski definition) is 1. The van der Waals surface area contributed by atoms with Gasteiger partial charge >= 0.3 is 5.97 Å². The second-order valence-corrected chi connectivity index (χ2v) is 4.58. The highest BCUT2D eigenvalue weighted by atomic mass is 16.5. The molecule has 0 saturated carbocycles. The molecule has 0 aliphatic carbocycles. The van der Waals surface area contributed by atoms with E-state index in [-0.39, 0.29) is 11.8 Å². The predicted octanol–water partition coefficient (Wildman–Crippen LogP) is 0.700. The van der Waals surface area contributed by atoms with E-state index >= 15 is 0 Å². The maximum atomic E-state index is 11.7. The summed E-state index contributed by atoms with van der Waals surface area (Å²) in [6, 6.07) is 6.62. The van der Waals surface area contributed by atoms with Gasteiger partial charge in [0.05, 0.1) is 6.54 Å². The van der Waals surface area contributed by atoms with Crippen LogP contribution >= 0.6 is 0 Å². The molecule has 5 heteroatoms. The van der Waals surface area contributed by atoms with Crippen molar-refractivity contribution in [3.63, 3.8) is 0 Å². The van der Waals surface area contributed by atoms with Crippen molar-refractivity contribution in [3.05, 3.63) is 29.8 Å². The Morgan fingerprint density at radius 1 is 1.21 bits per heavy atom. The number of nitrogens with one attached hydrogen (secondary N) is 1. The monoisotopic (exact) mass is 262 g/mol. The van der Waals surface area contributed by atoms with Gasteiger partial charge in [-0.3, -0.25) is 14.5 Å². The smallest absolute Gasteiger partial charge is 0.325 e. The van der Waals surface area contributed by atoms with Crippen molar-refractivity contribution in [2.45, 2.75) is 6.92 Å². The van der Waals surface area contributed by atoms with Crippen LogP contribution in [0.15, 0.2) is 24.3 Å². The van der Waals surface area contributed by atoms with Crippen molar-refractivity contribution in [3.8, 4) is 5.75 Å². The lowest BCUT2D eigenvalue weighted by Gasteiger charge is -2.25. The third kappa shape index (κ3) is 4.15. The fourth-order valence-corrected chi connectivity index (χ4v) is 1.97.